The summed E-state index contributed by atoms with van der Waals surface area (Å²) >= 11 is 11.8. The van der Waals surface area contributed by atoms with Crippen LogP contribution >= 0.6 is 23.2 Å². The first kappa shape index (κ1) is 21.8. The van der Waals surface area contributed by atoms with E-state index in [0.29, 0.717) is 35.5 Å². The summed E-state index contributed by atoms with van der Waals surface area (Å²) in [5.41, 5.74) is 1.94. The van der Waals surface area contributed by atoms with Crippen LogP contribution in [0, 0.1) is 0 Å². The normalized spacial score (nSPS) is 10.3. The average molecular weight is 445 g/mol. The van der Waals surface area contributed by atoms with Crippen LogP contribution in [0.5, 0.6) is 11.5 Å². The molecule has 5 nitrogen and oxygen atoms in total. The smallest absolute Gasteiger partial charge is 0.258 e. The molecule has 0 radical (unpaired) electrons. The lowest BCUT2D eigenvalue weighted by Crippen LogP contribution is -2.32. The maximum absolute atomic E-state index is 11.9. The number of benzene rings is 3. The van der Waals surface area contributed by atoms with Gasteiger partial charge in [-0.05, 0) is 48.0 Å². The van der Waals surface area contributed by atoms with E-state index < -0.39 is 0 Å². The number of rotatable bonds is 10. The highest BCUT2D eigenvalue weighted by molar-refractivity contribution is 6.42. The molecule has 0 aliphatic carbocycles. The summed E-state index contributed by atoms with van der Waals surface area (Å²) in [6, 6.07) is 22.4. The van der Waals surface area contributed by atoms with Gasteiger partial charge in [-0.15, -0.1) is 0 Å². The second-order valence-corrected chi connectivity index (χ2v) is 7.25. The van der Waals surface area contributed by atoms with E-state index in [1.165, 1.54) is 0 Å². The number of amides is 1. The Morgan fingerprint density at radius 2 is 1.50 bits per heavy atom. The van der Waals surface area contributed by atoms with Gasteiger partial charge in [0.2, 0.25) is 0 Å². The van der Waals surface area contributed by atoms with Crippen LogP contribution in [0.3, 0.4) is 0 Å². The standard InChI is InChI=1S/C23H22Cl2N2O3/c24-21-11-6-18(14-22(21)25)26-12-13-27-23(28)16-30-20-9-7-19(8-10-20)29-15-17-4-2-1-3-5-17/h1-11,14,26H,12-13,15-16H2,(H,27,28). The van der Waals surface area contributed by atoms with Gasteiger partial charge in [-0.2, -0.15) is 0 Å². The van der Waals surface area contributed by atoms with Gasteiger partial charge in [0, 0.05) is 18.8 Å². The lowest BCUT2D eigenvalue weighted by Gasteiger charge is -2.10. The van der Waals surface area contributed by atoms with Crippen molar-refractivity contribution in [3.63, 3.8) is 0 Å². The van der Waals surface area contributed by atoms with Crippen LogP contribution in [0.2, 0.25) is 10.0 Å². The zero-order valence-electron chi connectivity index (χ0n) is 16.2. The van der Waals surface area contributed by atoms with E-state index in [1.807, 2.05) is 48.5 Å². The first-order valence-corrected chi connectivity index (χ1v) is 10.2. The predicted octanol–water partition coefficient (Wildman–Crippen LogP) is 5.18. The van der Waals surface area contributed by atoms with E-state index in [-0.39, 0.29) is 12.5 Å². The molecule has 3 rings (SSSR count). The molecule has 0 heterocycles. The average Bonchev–Trinajstić information content (AvgIpc) is 2.77. The molecule has 0 saturated carbocycles. The molecule has 0 aliphatic heterocycles. The largest absolute Gasteiger partial charge is 0.489 e. The van der Waals surface area contributed by atoms with Gasteiger partial charge >= 0.3 is 0 Å². The Kier molecular flexibility index (Phi) is 8.24. The van der Waals surface area contributed by atoms with E-state index in [1.54, 1.807) is 24.3 Å². The molecule has 7 heteroatoms. The Hall–Kier alpha value is -2.89. The molecule has 0 unspecified atom stereocenters. The molecular formula is C23H22Cl2N2O3. The SMILES string of the molecule is O=C(COc1ccc(OCc2ccccc2)cc1)NCCNc1ccc(Cl)c(Cl)c1. The summed E-state index contributed by atoms with van der Waals surface area (Å²) in [6.45, 7) is 1.45. The number of carbonyl (C=O) groups is 1. The maximum atomic E-state index is 11.9. The molecule has 0 aromatic heterocycles. The number of anilines is 1. The van der Waals surface area contributed by atoms with Crippen LogP contribution in [0.15, 0.2) is 72.8 Å². The van der Waals surface area contributed by atoms with Gasteiger partial charge in [-0.1, -0.05) is 53.5 Å². The number of ether oxygens (including phenoxy) is 2. The fourth-order valence-electron chi connectivity index (χ4n) is 2.59. The third kappa shape index (κ3) is 7.17. The first-order valence-electron chi connectivity index (χ1n) is 9.45. The van der Waals surface area contributed by atoms with Crippen LogP contribution in [-0.2, 0) is 11.4 Å². The molecule has 0 saturated heterocycles. The van der Waals surface area contributed by atoms with Gasteiger partial charge in [0.1, 0.15) is 18.1 Å². The minimum atomic E-state index is -0.199. The van der Waals surface area contributed by atoms with E-state index in [0.717, 1.165) is 17.0 Å². The number of carbonyl (C=O) groups excluding carboxylic acids is 1. The minimum absolute atomic E-state index is 0.0585. The van der Waals surface area contributed by atoms with Gasteiger partial charge < -0.3 is 20.1 Å². The van der Waals surface area contributed by atoms with Crippen molar-refractivity contribution in [2.45, 2.75) is 6.61 Å². The monoisotopic (exact) mass is 444 g/mol. The lowest BCUT2D eigenvalue weighted by molar-refractivity contribution is -0.123. The second-order valence-electron chi connectivity index (χ2n) is 6.44. The Labute approximate surface area is 185 Å². The zero-order chi connectivity index (χ0) is 21.2. The molecule has 3 aromatic rings. The summed E-state index contributed by atoms with van der Waals surface area (Å²) in [4.78, 5) is 11.9. The highest BCUT2D eigenvalue weighted by Crippen LogP contribution is 2.24. The number of hydrogen-bond acceptors (Lipinski definition) is 4. The molecule has 30 heavy (non-hydrogen) atoms. The molecular weight excluding hydrogens is 423 g/mol. The van der Waals surface area contributed by atoms with Crippen molar-refractivity contribution in [2.24, 2.45) is 0 Å². The van der Waals surface area contributed by atoms with E-state index in [9.17, 15) is 4.79 Å². The predicted molar refractivity (Wildman–Crippen MR) is 121 cm³/mol. The number of halogens is 2. The summed E-state index contributed by atoms with van der Waals surface area (Å²) in [6.07, 6.45) is 0. The molecule has 3 aromatic carbocycles. The van der Waals surface area contributed by atoms with Crippen LogP contribution in [0.4, 0.5) is 5.69 Å². The fraction of sp³-hybridized carbons (Fsp3) is 0.174. The van der Waals surface area contributed by atoms with E-state index in [4.69, 9.17) is 32.7 Å². The first-order chi connectivity index (χ1) is 14.6. The zero-order valence-corrected chi connectivity index (χ0v) is 17.7. The molecule has 0 fully saturated rings. The second kappa shape index (κ2) is 11.3. The maximum Gasteiger partial charge on any atom is 0.258 e. The molecule has 2 N–H and O–H groups in total. The Morgan fingerprint density at radius 3 is 2.20 bits per heavy atom. The van der Waals surface area contributed by atoms with Crippen molar-refractivity contribution >= 4 is 34.8 Å². The molecule has 0 atom stereocenters. The van der Waals surface area contributed by atoms with Gasteiger partial charge in [0.05, 0.1) is 10.0 Å². The van der Waals surface area contributed by atoms with Crippen LogP contribution in [0.25, 0.3) is 0 Å². The molecule has 0 aliphatic rings. The van der Waals surface area contributed by atoms with Crippen molar-refractivity contribution < 1.29 is 14.3 Å². The van der Waals surface area contributed by atoms with Crippen molar-refractivity contribution in [3.05, 3.63) is 88.4 Å². The van der Waals surface area contributed by atoms with Crippen molar-refractivity contribution in [3.8, 4) is 11.5 Å². The highest BCUT2D eigenvalue weighted by Gasteiger charge is 2.04. The molecule has 156 valence electrons. The van der Waals surface area contributed by atoms with Gasteiger partial charge in [-0.3, -0.25) is 4.79 Å². The summed E-state index contributed by atoms with van der Waals surface area (Å²) in [5.74, 6) is 1.14. The molecule has 0 spiro atoms. The molecule has 1 amide bonds. The van der Waals surface area contributed by atoms with Crippen LogP contribution < -0.4 is 20.1 Å². The van der Waals surface area contributed by atoms with Gasteiger partial charge in [0.15, 0.2) is 6.61 Å². The summed E-state index contributed by atoms with van der Waals surface area (Å²) < 4.78 is 11.2. The van der Waals surface area contributed by atoms with Gasteiger partial charge in [-0.25, -0.2) is 0 Å². The van der Waals surface area contributed by atoms with Crippen LogP contribution in [0.1, 0.15) is 5.56 Å². The van der Waals surface area contributed by atoms with Crippen molar-refractivity contribution in [2.75, 3.05) is 25.0 Å². The number of hydrogen-bond donors (Lipinski definition) is 2. The number of nitrogens with one attached hydrogen (secondary N) is 2. The van der Waals surface area contributed by atoms with E-state index >= 15 is 0 Å². The van der Waals surface area contributed by atoms with Crippen molar-refractivity contribution in [1.82, 2.24) is 5.32 Å². The topological polar surface area (TPSA) is 59.6 Å². The summed E-state index contributed by atoms with van der Waals surface area (Å²) in [5, 5.41) is 6.93. The third-order valence-electron chi connectivity index (χ3n) is 4.14. The lowest BCUT2D eigenvalue weighted by atomic mass is 10.2. The Balaban J connectivity index is 1.32. The Bertz CT molecular complexity index is 950. The quantitative estimate of drug-likeness (QED) is 0.423. The van der Waals surface area contributed by atoms with Gasteiger partial charge in [0.25, 0.3) is 5.91 Å². The van der Waals surface area contributed by atoms with Crippen molar-refractivity contribution in [1.29, 1.82) is 0 Å². The van der Waals surface area contributed by atoms with Crippen LogP contribution in [-0.4, -0.2) is 25.6 Å². The minimum Gasteiger partial charge on any atom is -0.489 e. The highest BCUT2D eigenvalue weighted by atomic mass is 35.5. The Morgan fingerprint density at radius 1 is 0.800 bits per heavy atom. The summed E-state index contributed by atoms with van der Waals surface area (Å²) in [7, 11) is 0. The van der Waals surface area contributed by atoms with E-state index in [2.05, 4.69) is 10.6 Å². The molecule has 0 bridgehead atoms. The fourth-order valence-corrected chi connectivity index (χ4v) is 2.89. The third-order valence-corrected chi connectivity index (χ3v) is 4.88.